The topological polar surface area (TPSA) is 24.4 Å². The minimum absolute atomic E-state index is 1.69. The van der Waals surface area contributed by atoms with Crippen LogP contribution in [0.3, 0.4) is 0 Å². The fourth-order valence-corrected chi connectivity index (χ4v) is 0.855. The van der Waals surface area contributed by atoms with Crippen molar-refractivity contribution in [1.29, 1.82) is 0 Å². The highest BCUT2D eigenvalue weighted by atomic mass is 15.3. The number of hydrogen-bond acceptors (Lipinski definition) is 2. The van der Waals surface area contributed by atoms with Crippen LogP contribution in [0.2, 0.25) is 0 Å². The molecule has 0 spiro atoms. The molecule has 0 radical (unpaired) electrons. The van der Waals surface area contributed by atoms with E-state index in [4.69, 9.17) is 0 Å². The summed E-state index contributed by atoms with van der Waals surface area (Å²) in [5, 5.41) is 3.93. The summed E-state index contributed by atoms with van der Waals surface area (Å²) < 4.78 is 0. The molecular formula is C13H14N2. The van der Waals surface area contributed by atoms with Gasteiger partial charge in [0.2, 0.25) is 0 Å². The lowest BCUT2D eigenvalue weighted by Gasteiger charge is -1.84. The summed E-state index contributed by atoms with van der Waals surface area (Å²) in [5.74, 6) is 0. The second-order valence-electron chi connectivity index (χ2n) is 2.69. The molecular weight excluding hydrogens is 184 g/mol. The zero-order chi connectivity index (χ0) is 10.6. The first kappa shape index (κ1) is 11.0. The molecule has 15 heavy (non-hydrogen) atoms. The Morgan fingerprint density at radius 1 is 0.533 bits per heavy atom. The Morgan fingerprint density at radius 2 is 1.00 bits per heavy atom. The third-order valence-corrected chi connectivity index (χ3v) is 1.52. The van der Waals surface area contributed by atoms with Crippen LogP contribution in [0.1, 0.15) is 0 Å². The standard InChI is InChI=1S/C13H14N2/c1-2-4-6-8-10-12-14-15-13-11-9-7-5-3-1/h1-14H/b3-1+,4-2-,7-5-,8-6-,11-9+,12-10+,15-13+. The molecule has 0 aromatic heterocycles. The van der Waals surface area contributed by atoms with E-state index >= 15 is 0 Å². The van der Waals surface area contributed by atoms with Crippen molar-refractivity contribution in [3.8, 4) is 0 Å². The number of nitrogens with zero attached hydrogens (tertiary/aromatic N) is 1. The van der Waals surface area contributed by atoms with E-state index < -0.39 is 0 Å². The third kappa shape index (κ3) is 7.02. The van der Waals surface area contributed by atoms with E-state index in [1.807, 2.05) is 66.8 Å². The van der Waals surface area contributed by atoms with Crippen molar-refractivity contribution >= 4 is 6.21 Å². The van der Waals surface area contributed by atoms with Crippen molar-refractivity contribution in [3.05, 3.63) is 73.0 Å². The van der Waals surface area contributed by atoms with Gasteiger partial charge in [0.25, 0.3) is 0 Å². The maximum atomic E-state index is 3.93. The predicted octanol–water partition coefficient (Wildman–Crippen LogP) is 2.87. The van der Waals surface area contributed by atoms with E-state index in [0.717, 1.165) is 0 Å². The van der Waals surface area contributed by atoms with Gasteiger partial charge in [0.1, 0.15) is 0 Å². The van der Waals surface area contributed by atoms with Crippen LogP contribution < -0.4 is 5.43 Å². The molecule has 0 aliphatic carbocycles. The molecule has 0 aromatic carbocycles. The second kappa shape index (κ2) is 8.51. The Morgan fingerprint density at radius 3 is 1.60 bits per heavy atom. The Kier molecular flexibility index (Phi) is 6.23. The fraction of sp³-hybridized carbons (Fsp3) is 0. The maximum Gasteiger partial charge on any atom is 0.0472 e. The number of hydrogen-bond donors (Lipinski definition) is 1. The van der Waals surface area contributed by atoms with Gasteiger partial charge < -0.3 is 0 Å². The minimum Gasteiger partial charge on any atom is -0.286 e. The smallest absolute Gasteiger partial charge is 0.0472 e. The Hall–Kier alpha value is -2.09. The van der Waals surface area contributed by atoms with E-state index in [2.05, 4.69) is 10.5 Å². The summed E-state index contributed by atoms with van der Waals surface area (Å²) in [6.45, 7) is 0. The molecule has 1 N–H and O–H groups in total. The van der Waals surface area contributed by atoms with Crippen molar-refractivity contribution in [2.45, 2.75) is 0 Å². The van der Waals surface area contributed by atoms with Crippen molar-refractivity contribution in [2.75, 3.05) is 0 Å². The SMILES string of the molecule is C1=C\C=C\C=C/C=C/C=N/N\C=C\C=C/1. The minimum atomic E-state index is 1.69. The Balaban J connectivity index is 2.62. The van der Waals surface area contributed by atoms with E-state index in [1.165, 1.54) is 0 Å². The molecule has 0 bridgehead atoms. The van der Waals surface area contributed by atoms with Gasteiger partial charge in [0.15, 0.2) is 0 Å². The zero-order valence-electron chi connectivity index (χ0n) is 8.45. The lowest BCUT2D eigenvalue weighted by Crippen LogP contribution is -1.91. The molecule has 2 nitrogen and oxygen atoms in total. The maximum absolute atomic E-state index is 3.93. The van der Waals surface area contributed by atoms with Crippen LogP contribution in [-0.4, -0.2) is 6.21 Å². The van der Waals surface area contributed by atoms with Crippen LogP contribution in [0.25, 0.3) is 0 Å². The van der Waals surface area contributed by atoms with Crippen molar-refractivity contribution in [3.63, 3.8) is 0 Å². The van der Waals surface area contributed by atoms with Crippen LogP contribution in [0.4, 0.5) is 0 Å². The molecule has 0 saturated heterocycles. The lowest BCUT2D eigenvalue weighted by molar-refractivity contribution is 0.977. The van der Waals surface area contributed by atoms with E-state index in [1.54, 1.807) is 12.4 Å². The van der Waals surface area contributed by atoms with E-state index in [9.17, 15) is 0 Å². The van der Waals surface area contributed by atoms with Gasteiger partial charge in [-0.3, -0.25) is 5.43 Å². The first-order valence-corrected chi connectivity index (χ1v) is 4.77. The Bertz CT molecular complexity index is 319. The predicted molar refractivity (Wildman–Crippen MR) is 66.5 cm³/mol. The number of rotatable bonds is 0. The van der Waals surface area contributed by atoms with Gasteiger partial charge in [-0.05, 0) is 12.2 Å². The van der Waals surface area contributed by atoms with E-state index in [0.29, 0.717) is 0 Å². The highest BCUT2D eigenvalue weighted by molar-refractivity contribution is 5.71. The molecule has 76 valence electrons. The lowest BCUT2D eigenvalue weighted by atomic mass is 10.3. The van der Waals surface area contributed by atoms with Crippen LogP contribution in [0.15, 0.2) is 78.1 Å². The summed E-state index contributed by atoms with van der Waals surface area (Å²) in [6.07, 6.45) is 24.8. The van der Waals surface area contributed by atoms with Gasteiger partial charge in [-0.25, -0.2) is 0 Å². The molecule has 0 atom stereocenters. The van der Waals surface area contributed by atoms with Crippen molar-refractivity contribution < 1.29 is 0 Å². The largest absolute Gasteiger partial charge is 0.286 e. The number of nitrogens with one attached hydrogen (secondary N) is 1. The highest BCUT2D eigenvalue weighted by Crippen LogP contribution is 1.84. The molecule has 0 fully saturated rings. The van der Waals surface area contributed by atoms with Gasteiger partial charge in [-0.1, -0.05) is 54.7 Å². The summed E-state index contributed by atoms with van der Waals surface area (Å²) in [4.78, 5) is 0. The average molecular weight is 198 g/mol. The quantitative estimate of drug-likeness (QED) is 0.636. The molecule has 1 aliphatic heterocycles. The first-order chi connectivity index (χ1) is 7.50. The second-order valence-corrected chi connectivity index (χ2v) is 2.69. The molecule has 0 aromatic rings. The molecule has 1 heterocycles. The summed E-state index contributed by atoms with van der Waals surface area (Å²) in [6, 6.07) is 0. The van der Waals surface area contributed by atoms with Crippen molar-refractivity contribution in [1.82, 2.24) is 5.43 Å². The van der Waals surface area contributed by atoms with Gasteiger partial charge >= 0.3 is 0 Å². The molecule has 1 aliphatic rings. The molecule has 0 amide bonds. The Labute approximate surface area is 90.4 Å². The highest BCUT2D eigenvalue weighted by Gasteiger charge is 1.67. The molecule has 1 rings (SSSR count). The zero-order valence-corrected chi connectivity index (χ0v) is 8.45. The van der Waals surface area contributed by atoms with Crippen LogP contribution in [0, 0.1) is 0 Å². The van der Waals surface area contributed by atoms with Gasteiger partial charge in [-0.2, -0.15) is 5.10 Å². The van der Waals surface area contributed by atoms with Crippen LogP contribution in [0.5, 0.6) is 0 Å². The van der Waals surface area contributed by atoms with Crippen molar-refractivity contribution in [2.24, 2.45) is 5.10 Å². The third-order valence-electron chi connectivity index (χ3n) is 1.52. The number of allylic oxidation sites excluding steroid dienone is 11. The van der Waals surface area contributed by atoms with Gasteiger partial charge in [0, 0.05) is 12.4 Å². The summed E-state index contributed by atoms with van der Waals surface area (Å²) in [5.41, 5.74) is 2.78. The molecule has 0 saturated carbocycles. The average Bonchev–Trinajstić information content (AvgIpc) is 2.27. The summed E-state index contributed by atoms with van der Waals surface area (Å²) in [7, 11) is 0. The van der Waals surface area contributed by atoms with Crippen LogP contribution >= 0.6 is 0 Å². The van der Waals surface area contributed by atoms with Gasteiger partial charge in [0.05, 0.1) is 0 Å². The molecule has 0 unspecified atom stereocenters. The first-order valence-electron chi connectivity index (χ1n) is 4.77. The van der Waals surface area contributed by atoms with Crippen LogP contribution in [-0.2, 0) is 0 Å². The summed E-state index contributed by atoms with van der Waals surface area (Å²) >= 11 is 0. The normalized spacial score (nSPS) is 30.9. The fourth-order valence-electron chi connectivity index (χ4n) is 0.855. The van der Waals surface area contributed by atoms with Gasteiger partial charge in [-0.15, -0.1) is 0 Å². The van der Waals surface area contributed by atoms with E-state index in [-0.39, 0.29) is 0 Å². The molecule has 2 heteroatoms. The number of hydrazone groups is 1. The monoisotopic (exact) mass is 198 g/mol.